The number of hydrogen-bond donors (Lipinski definition) is 1. The van der Waals surface area contributed by atoms with Gasteiger partial charge in [-0.05, 0) is 37.2 Å². The Morgan fingerprint density at radius 1 is 1.33 bits per heavy atom. The number of nitrogens with zero attached hydrogens (tertiary/aromatic N) is 1. The molecule has 1 heterocycles. The minimum absolute atomic E-state index is 0.149. The molecule has 4 heteroatoms. The second-order valence-corrected chi connectivity index (χ2v) is 5.40. The van der Waals surface area contributed by atoms with E-state index < -0.39 is 0 Å². The minimum Gasteiger partial charge on any atom is -0.496 e. The zero-order valence-electron chi connectivity index (χ0n) is 12.7. The number of likely N-dealkylation sites (N-methyl/N-ethyl adjacent to an activating group) is 1. The summed E-state index contributed by atoms with van der Waals surface area (Å²) in [4.78, 5) is 4.49. The highest BCUT2D eigenvalue weighted by molar-refractivity contribution is 6.30. The largest absolute Gasteiger partial charge is 0.496 e. The van der Waals surface area contributed by atoms with Crippen LogP contribution in [0.2, 0.25) is 5.02 Å². The van der Waals surface area contributed by atoms with E-state index in [0.29, 0.717) is 5.02 Å². The van der Waals surface area contributed by atoms with Crippen molar-refractivity contribution in [2.24, 2.45) is 0 Å². The molecule has 0 radical (unpaired) electrons. The number of aromatic nitrogens is 1. The number of rotatable bonds is 6. The van der Waals surface area contributed by atoms with E-state index >= 15 is 0 Å². The van der Waals surface area contributed by atoms with Gasteiger partial charge in [0.25, 0.3) is 0 Å². The van der Waals surface area contributed by atoms with Crippen LogP contribution in [0, 0.1) is 6.92 Å². The Kier molecular flexibility index (Phi) is 5.59. The summed E-state index contributed by atoms with van der Waals surface area (Å²) in [6.07, 6.45) is 2.66. The number of nitrogens with one attached hydrogen (secondary N) is 1. The fourth-order valence-electron chi connectivity index (χ4n) is 2.44. The van der Waals surface area contributed by atoms with Crippen molar-refractivity contribution in [2.75, 3.05) is 13.7 Å². The molecule has 1 unspecified atom stereocenters. The van der Waals surface area contributed by atoms with Crippen LogP contribution in [0.25, 0.3) is 0 Å². The third-order valence-corrected chi connectivity index (χ3v) is 3.77. The molecule has 3 nitrogen and oxygen atoms in total. The van der Waals surface area contributed by atoms with Crippen LogP contribution in [-0.4, -0.2) is 18.6 Å². The van der Waals surface area contributed by atoms with E-state index in [4.69, 9.17) is 16.3 Å². The number of pyridine rings is 1. The SMILES string of the molecule is CCNC(Cc1ncccc1C)c1ccc(Cl)cc1OC. The van der Waals surface area contributed by atoms with Crippen LogP contribution in [0.3, 0.4) is 0 Å². The molecule has 0 fully saturated rings. The maximum atomic E-state index is 6.05. The molecular formula is C17H21ClN2O. The molecule has 1 aromatic heterocycles. The molecule has 1 atom stereocenters. The first-order valence-corrected chi connectivity index (χ1v) is 7.50. The summed E-state index contributed by atoms with van der Waals surface area (Å²) in [5, 5.41) is 4.19. The highest BCUT2D eigenvalue weighted by atomic mass is 35.5. The first kappa shape index (κ1) is 15.8. The number of ether oxygens (including phenoxy) is 1. The lowest BCUT2D eigenvalue weighted by Crippen LogP contribution is -2.24. The summed E-state index contributed by atoms with van der Waals surface area (Å²) in [7, 11) is 1.67. The van der Waals surface area contributed by atoms with Crippen molar-refractivity contribution >= 4 is 11.6 Å². The molecular weight excluding hydrogens is 284 g/mol. The van der Waals surface area contributed by atoms with Gasteiger partial charge in [0.15, 0.2) is 0 Å². The third-order valence-electron chi connectivity index (χ3n) is 3.54. The zero-order valence-corrected chi connectivity index (χ0v) is 13.4. The molecule has 0 bridgehead atoms. The fraction of sp³-hybridized carbons (Fsp3) is 0.353. The molecule has 0 amide bonds. The Balaban J connectivity index is 2.33. The van der Waals surface area contributed by atoms with Crippen LogP contribution in [0.4, 0.5) is 0 Å². The van der Waals surface area contributed by atoms with Gasteiger partial charge in [0, 0.05) is 34.9 Å². The fourth-order valence-corrected chi connectivity index (χ4v) is 2.60. The van der Waals surface area contributed by atoms with Gasteiger partial charge in [-0.2, -0.15) is 0 Å². The predicted molar refractivity (Wildman–Crippen MR) is 87.1 cm³/mol. The van der Waals surface area contributed by atoms with Crippen molar-refractivity contribution in [3.05, 3.63) is 58.4 Å². The maximum Gasteiger partial charge on any atom is 0.125 e. The molecule has 0 saturated heterocycles. The monoisotopic (exact) mass is 304 g/mol. The summed E-state index contributed by atoms with van der Waals surface area (Å²) in [5.41, 5.74) is 3.41. The first-order valence-electron chi connectivity index (χ1n) is 7.13. The second kappa shape index (κ2) is 7.43. The zero-order chi connectivity index (χ0) is 15.2. The lowest BCUT2D eigenvalue weighted by molar-refractivity contribution is 0.399. The van der Waals surface area contributed by atoms with Gasteiger partial charge in [0.1, 0.15) is 5.75 Å². The Bertz CT molecular complexity index is 601. The van der Waals surface area contributed by atoms with Gasteiger partial charge in [0.2, 0.25) is 0 Å². The molecule has 2 rings (SSSR count). The van der Waals surface area contributed by atoms with Crippen molar-refractivity contribution in [1.29, 1.82) is 0 Å². The van der Waals surface area contributed by atoms with E-state index in [9.17, 15) is 0 Å². The first-order chi connectivity index (χ1) is 10.2. The van der Waals surface area contributed by atoms with Gasteiger partial charge in [-0.1, -0.05) is 30.7 Å². The molecule has 2 aromatic rings. The van der Waals surface area contributed by atoms with Crippen molar-refractivity contribution < 1.29 is 4.74 Å². The highest BCUT2D eigenvalue weighted by Crippen LogP contribution is 2.30. The van der Waals surface area contributed by atoms with E-state index in [1.165, 1.54) is 5.56 Å². The molecule has 21 heavy (non-hydrogen) atoms. The van der Waals surface area contributed by atoms with Crippen molar-refractivity contribution in [3.63, 3.8) is 0 Å². The van der Waals surface area contributed by atoms with Crippen LogP contribution in [0.15, 0.2) is 36.5 Å². The maximum absolute atomic E-state index is 6.05. The van der Waals surface area contributed by atoms with Crippen molar-refractivity contribution in [3.8, 4) is 5.75 Å². The van der Waals surface area contributed by atoms with Crippen molar-refractivity contribution in [1.82, 2.24) is 10.3 Å². The average Bonchev–Trinajstić information content (AvgIpc) is 2.49. The minimum atomic E-state index is 0.149. The number of benzene rings is 1. The summed E-state index contributed by atoms with van der Waals surface area (Å²) < 4.78 is 5.48. The number of aryl methyl sites for hydroxylation is 1. The summed E-state index contributed by atoms with van der Waals surface area (Å²) >= 11 is 6.05. The quantitative estimate of drug-likeness (QED) is 0.877. The van der Waals surface area contributed by atoms with Gasteiger partial charge in [-0.25, -0.2) is 0 Å². The number of halogens is 1. The summed E-state index contributed by atoms with van der Waals surface area (Å²) in [6.45, 7) is 5.06. The van der Waals surface area contributed by atoms with Crippen LogP contribution in [-0.2, 0) is 6.42 Å². The lowest BCUT2D eigenvalue weighted by atomic mass is 9.98. The Morgan fingerprint density at radius 2 is 2.14 bits per heavy atom. The highest BCUT2D eigenvalue weighted by Gasteiger charge is 2.17. The molecule has 1 aromatic carbocycles. The molecule has 0 aliphatic rings. The van der Waals surface area contributed by atoms with E-state index in [-0.39, 0.29) is 6.04 Å². The predicted octanol–water partition coefficient (Wildman–Crippen LogP) is 3.95. The molecule has 0 aliphatic heterocycles. The van der Waals surface area contributed by atoms with Crippen LogP contribution in [0.1, 0.15) is 29.8 Å². The summed E-state index contributed by atoms with van der Waals surface area (Å²) in [6, 6.07) is 9.97. The molecule has 1 N–H and O–H groups in total. The standard InChI is InChI=1S/C17H21ClN2O/c1-4-19-16(11-15-12(2)6-5-9-20-15)14-8-7-13(18)10-17(14)21-3/h5-10,16,19H,4,11H2,1-3H3. The van der Waals surface area contributed by atoms with Crippen molar-refractivity contribution in [2.45, 2.75) is 26.3 Å². The van der Waals surface area contributed by atoms with E-state index in [1.807, 2.05) is 30.5 Å². The average molecular weight is 305 g/mol. The third kappa shape index (κ3) is 3.96. The van der Waals surface area contributed by atoms with Gasteiger partial charge >= 0.3 is 0 Å². The van der Waals surface area contributed by atoms with Gasteiger partial charge < -0.3 is 10.1 Å². The Labute approximate surface area is 131 Å². The summed E-state index contributed by atoms with van der Waals surface area (Å²) in [5.74, 6) is 0.807. The normalized spacial score (nSPS) is 12.2. The van der Waals surface area contributed by atoms with Crippen LogP contribution >= 0.6 is 11.6 Å². The molecule has 0 saturated carbocycles. The second-order valence-electron chi connectivity index (χ2n) is 4.97. The van der Waals surface area contributed by atoms with Crippen LogP contribution in [0.5, 0.6) is 5.75 Å². The van der Waals surface area contributed by atoms with E-state index in [1.54, 1.807) is 7.11 Å². The smallest absolute Gasteiger partial charge is 0.125 e. The van der Waals surface area contributed by atoms with E-state index in [0.717, 1.165) is 30.0 Å². The molecule has 0 aliphatic carbocycles. The van der Waals surface area contributed by atoms with E-state index in [2.05, 4.69) is 30.2 Å². The lowest BCUT2D eigenvalue weighted by Gasteiger charge is -2.21. The number of hydrogen-bond acceptors (Lipinski definition) is 3. The Hall–Kier alpha value is -1.58. The van der Waals surface area contributed by atoms with Crippen LogP contribution < -0.4 is 10.1 Å². The molecule has 0 spiro atoms. The van der Waals surface area contributed by atoms with Gasteiger partial charge in [-0.3, -0.25) is 4.98 Å². The Morgan fingerprint density at radius 3 is 2.81 bits per heavy atom. The van der Waals surface area contributed by atoms with Gasteiger partial charge in [0.05, 0.1) is 7.11 Å². The topological polar surface area (TPSA) is 34.2 Å². The van der Waals surface area contributed by atoms with Gasteiger partial charge in [-0.15, -0.1) is 0 Å². The number of methoxy groups -OCH3 is 1. The molecule has 112 valence electrons.